The summed E-state index contributed by atoms with van der Waals surface area (Å²) in [6.45, 7) is -0.674. The van der Waals surface area contributed by atoms with Crippen molar-refractivity contribution in [2.24, 2.45) is 35.5 Å². The maximum Gasteiger partial charge on any atom is 0.273 e. The second-order valence-electron chi connectivity index (χ2n) is 9.87. The summed E-state index contributed by atoms with van der Waals surface area (Å²) in [5, 5.41) is 13.1. The Balaban J connectivity index is 1.37. The van der Waals surface area contributed by atoms with E-state index in [1.54, 1.807) is 0 Å². The zero-order valence-electron chi connectivity index (χ0n) is 19.1. The first-order valence-corrected chi connectivity index (χ1v) is 12.5. The van der Waals surface area contributed by atoms with Crippen molar-refractivity contribution < 1.29 is 24.1 Å². The number of amides is 3. The summed E-state index contributed by atoms with van der Waals surface area (Å²) in [7, 11) is 0. The number of hydrogen-bond donors (Lipinski definition) is 0. The first kappa shape index (κ1) is 23.8. The molecule has 3 amide bonds. The molecule has 3 fully saturated rings. The molecule has 1 heterocycles. The number of carbonyl (C=O) groups is 4. The van der Waals surface area contributed by atoms with Crippen molar-refractivity contribution in [2.75, 3.05) is 6.54 Å². The molecule has 2 bridgehead atoms. The molecule has 0 radical (unpaired) electrons. The third-order valence-electron chi connectivity index (χ3n) is 7.95. The smallest absolute Gasteiger partial charge is 0.273 e. The Morgan fingerprint density at radius 1 is 0.946 bits per heavy atom. The van der Waals surface area contributed by atoms with E-state index in [9.17, 15) is 29.3 Å². The summed E-state index contributed by atoms with van der Waals surface area (Å²) < 4.78 is 0. The molecule has 0 unspecified atom stereocenters. The van der Waals surface area contributed by atoms with Crippen LogP contribution in [-0.2, 0) is 9.59 Å². The number of halogens is 2. The lowest BCUT2D eigenvalue weighted by Gasteiger charge is -2.37. The van der Waals surface area contributed by atoms with E-state index in [-0.39, 0.29) is 38.7 Å². The molecule has 0 spiro atoms. The highest BCUT2D eigenvalue weighted by molar-refractivity contribution is 6.42. The Morgan fingerprint density at radius 2 is 1.59 bits per heavy atom. The molecule has 188 valence electrons. The fraction of sp³-hybridized carbons (Fsp3) is 0.308. The van der Waals surface area contributed by atoms with Gasteiger partial charge >= 0.3 is 0 Å². The average molecular weight is 540 g/mol. The predicted molar refractivity (Wildman–Crippen MR) is 131 cm³/mol. The maximum absolute atomic E-state index is 13.7. The van der Waals surface area contributed by atoms with Crippen LogP contribution in [0.4, 0.5) is 5.69 Å². The summed E-state index contributed by atoms with van der Waals surface area (Å²) in [5.41, 5.74) is -0.296. The van der Waals surface area contributed by atoms with E-state index >= 15 is 0 Å². The molecule has 2 aromatic rings. The Labute approximate surface area is 220 Å². The highest BCUT2D eigenvalue weighted by atomic mass is 35.5. The number of hydrogen-bond acceptors (Lipinski definition) is 6. The van der Waals surface area contributed by atoms with Crippen LogP contribution in [0.1, 0.15) is 27.1 Å². The quantitative estimate of drug-likeness (QED) is 0.178. The van der Waals surface area contributed by atoms with Gasteiger partial charge in [-0.1, -0.05) is 47.5 Å². The summed E-state index contributed by atoms with van der Waals surface area (Å²) in [6.07, 6.45) is 5.00. The van der Waals surface area contributed by atoms with Gasteiger partial charge in [-0.05, 0) is 48.3 Å². The third kappa shape index (κ3) is 3.67. The van der Waals surface area contributed by atoms with Gasteiger partial charge < -0.3 is 0 Å². The van der Waals surface area contributed by atoms with Gasteiger partial charge in [-0.15, -0.1) is 0 Å². The molecular formula is C26H19Cl2N3O6. The largest absolute Gasteiger partial charge is 0.292 e. The average Bonchev–Trinajstić information content (AvgIpc) is 3.67. The number of allylic oxidation sites excluding steroid dienone is 2. The fourth-order valence-corrected chi connectivity index (χ4v) is 6.51. The van der Waals surface area contributed by atoms with Crippen LogP contribution < -0.4 is 0 Å². The molecule has 4 aliphatic carbocycles. The molecule has 7 rings (SSSR count). The molecule has 2 aromatic carbocycles. The van der Waals surface area contributed by atoms with Crippen LogP contribution in [0.5, 0.6) is 0 Å². The van der Waals surface area contributed by atoms with E-state index in [4.69, 9.17) is 23.2 Å². The minimum absolute atomic E-state index is 0.0272. The van der Waals surface area contributed by atoms with Crippen molar-refractivity contribution in [2.45, 2.75) is 6.42 Å². The molecule has 1 aliphatic heterocycles. The number of nitro benzene ring substituents is 1. The van der Waals surface area contributed by atoms with Crippen LogP contribution in [0.25, 0.3) is 0 Å². The molecule has 11 heteroatoms. The monoisotopic (exact) mass is 539 g/mol. The van der Waals surface area contributed by atoms with E-state index in [2.05, 4.69) is 0 Å². The van der Waals surface area contributed by atoms with Gasteiger partial charge in [-0.25, -0.2) is 5.01 Å². The topological polar surface area (TPSA) is 118 Å². The highest BCUT2D eigenvalue weighted by Gasteiger charge is 2.68. The minimum atomic E-state index is -0.789. The van der Waals surface area contributed by atoms with Crippen LogP contribution in [0.15, 0.2) is 54.6 Å². The Morgan fingerprint density at radius 3 is 2.19 bits per heavy atom. The number of Topliss-reactive ketones (excluding diaryl/α,β-unsaturated/α-hetero) is 1. The van der Waals surface area contributed by atoms with E-state index < -0.39 is 46.8 Å². The van der Waals surface area contributed by atoms with Gasteiger partial charge in [0.25, 0.3) is 23.4 Å². The number of carbonyl (C=O) groups excluding carboxylic acids is 4. The summed E-state index contributed by atoms with van der Waals surface area (Å²) >= 11 is 12.1. The van der Waals surface area contributed by atoms with E-state index in [0.717, 1.165) is 22.5 Å². The Bertz CT molecular complexity index is 1410. The minimum Gasteiger partial charge on any atom is -0.292 e. The molecule has 0 N–H and O–H groups in total. The first-order chi connectivity index (χ1) is 17.7. The van der Waals surface area contributed by atoms with Crippen LogP contribution in [-0.4, -0.2) is 45.0 Å². The lowest BCUT2D eigenvalue weighted by Crippen LogP contribution is -2.52. The molecule has 6 atom stereocenters. The van der Waals surface area contributed by atoms with E-state index in [1.165, 1.54) is 36.4 Å². The Hall–Kier alpha value is -3.56. The van der Waals surface area contributed by atoms with Crippen LogP contribution in [0, 0.1) is 45.6 Å². The first-order valence-electron chi connectivity index (χ1n) is 11.8. The van der Waals surface area contributed by atoms with Crippen molar-refractivity contribution in [3.05, 3.63) is 85.9 Å². The zero-order chi connectivity index (χ0) is 26.2. The summed E-state index contributed by atoms with van der Waals surface area (Å²) in [6, 6.07) is 9.16. The molecule has 37 heavy (non-hydrogen) atoms. The van der Waals surface area contributed by atoms with Crippen LogP contribution in [0.3, 0.4) is 0 Å². The van der Waals surface area contributed by atoms with Gasteiger partial charge in [0.15, 0.2) is 5.78 Å². The van der Waals surface area contributed by atoms with Gasteiger partial charge in [-0.2, -0.15) is 5.01 Å². The maximum atomic E-state index is 13.7. The normalized spacial score (nSPS) is 28.6. The molecule has 0 aromatic heterocycles. The third-order valence-corrected chi connectivity index (χ3v) is 8.69. The van der Waals surface area contributed by atoms with E-state index in [1.807, 2.05) is 12.2 Å². The van der Waals surface area contributed by atoms with Crippen LogP contribution >= 0.6 is 23.2 Å². The summed E-state index contributed by atoms with van der Waals surface area (Å²) in [5.74, 6) is -3.07. The second kappa shape index (κ2) is 8.49. The number of non-ortho nitro benzene ring substituents is 1. The highest BCUT2D eigenvalue weighted by Crippen LogP contribution is 2.65. The van der Waals surface area contributed by atoms with Gasteiger partial charge in [0, 0.05) is 23.3 Å². The number of hydrazine groups is 1. The SMILES string of the molecule is O=C(CN(C(=O)c1ccc(Cl)c(Cl)c1)N1C(=O)[C@H]2[C@@H]3C=C[C@H]([C@H]4C[C@H]34)[C@@H]2C1=O)c1cccc([N+](=O)[O-])c1. The van der Waals surface area contributed by atoms with Gasteiger partial charge in [0.1, 0.15) is 6.54 Å². The molecule has 9 nitrogen and oxygen atoms in total. The number of ketones is 1. The van der Waals surface area contributed by atoms with Gasteiger partial charge in [-0.3, -0.25) is 29.3 Å². The van der Waals surface area contributed by atoms with Gasteiger partial charge in [0.2, 0.25) is 0 Å². The zero-order valence-corrected chi connectivity index (χ0v) is 20.6. The molecular weight excluding hydrogens is 521 g/mol. The van der Waals surface area contributed by atoms with Crippen molar-refractivity contribution in [3.8, 4) is 0 Å². The number of nitrogens with zero attached hydrogens (tertiary/aromatic N) is 3. The molecule has 5 aliphatic rings. The second-order valence-corrected chi connectivity index (χ2v) is 10.7. The summed E-state index contributed by atoms with van der Waals surface area (Å²) in [4.78, 5) is 64.9. The number of nitro groups is 1. The number of imide groups is 1. The van der Waals surface area contributed by atoms with E-state index in [0.29, 0.717) is 11.8 Å². The van der Waals surface area contributed by atoms with Crippen molar-refractivity contribution >= 4 is 52.4 Å². The Kier molecular flexibility index (Phi) is 5.47. The van der Waals surface area contributed by atoms with Gasteiger partial charge in [0.05, 0.1) is 26.8 Å². The van der Waals surface area contributed by atoms with Crippen LogP contribution in [0.2, 0.25) is 10.0 Å². The number of benzene rings is 2. The molecule has 2 saturated carbocycles. The van der Waals surface area contributed by atoms with Crippen molar-refractivity contribution in [1.29, 1.82) is 0 Å². The fourth-order valence-electron chi connectivity index (χ4n) is 6.21. The standard InChI is InChI=1S/C26H19Cl2N3O6/c27-19-7-4-13(9-20(19)28)24(33)29(11-21(32)12-2-1-3-14(8-12)31(36)37)30-25(34)22-15-5-6-16(18-10-17(15)18)23(22)26(30)35/h1-9,15-18,22-23H,10-11H2/t15-,16-,17-,18-,22+,23+/m1/s1. The van der Waals surface area contributed by atoms with Crippen molar-refractivity contribution in [3.63, 3.8) is 0 Å². The van der Waals surface area contributed by atoms with Crippen molar-refractivity contribution in [1.82, 2.24) is 10.0 Å². The lowest BCUT2D eigenvalue weighted by atomic mass is 9.63. The lowest BCUT2D eigenvalue weighted by molar-refractivity contribution is -0.384. The number of rotatable bonds is 6. The predicted octanol–water partition coefficient (Wildman–Crippen LogP) is 4.19. The molecule has 1 saturated heterocycles.